The Labute approximate surface area is 127 Å². The van der Waals surface area contributed by atoms with Gasteiger partial charge in [-0.15, -0.1) is 0 Å². The maximum Gasteiger partial charge on any atom is 0.223 e. The highest BCUT2D eigenvalue weighted by molar-refractivity contribution is 7.88. The number of carbonyl (C=O) groups excluding carboxylic acids is 1. The Morgan fingerprint density at radius 1 is 1.19 bits per heavy atom. The van der Waals surface area contributed by atoms with Crippen molar-refractivity contribution in [2.24, 2.45) is 0 Å². The lowest BCUT2D eigenvalue weighted by atomic mass is 10.2. The summed E-state index contributed by atoms with van der Waals surface area (Å²) in [7, 11) is -1.55. The zero-order chi connectivity index (χ0) is 16.0. The quantitative estimate of drug-likeness (QED) is 0.770. The van der Waals surface area contributed by atoms with Gasteiger partial charge in [-0.3, -0.25) is 4.79 Å². The SMILES string of the molecule is CC(C)N(CCC(=O)N(C)Cc1ccccc1)S(C)(=O)=O. The molecule has 1 rings (SSSR count). The standard InChI is InChI=1S/C15H24N2O3S/c1-13(2)17(21(4,19)20)11-10-15(18)16(3)12-14-8-6-5-7-9-14/h5-9,13H,10-12H2,1-4H3. The third-order valence-corrected chi connectivity index (χ3v) is 4.69. The van der Waals surface area contributed by atoms with Gasteiger partial charge < -0.3 is 4.90 Å². The van der Waals surface area contributed by atoms with Crippen LogP contribution in [0.5, 0.6) is 0 Å². The molecule has 21 heavy (non-hydrogen) atoms. The van der Waals surface area contributed by atoms with Gasteiger partial charge in [0.05, 0.1) is 6.26 Å². The van der Waals surface area contributed by atoms with Crippen molar-refractivity contribution < 1.29 is 13.2 Å². The highest BCUT2D eigenvalue weighted by Crippen LogP contribution is 2.08. The van der Waals surface area contributed by atoms with Gasteiger partial charge in [0.1, 0.15) is 0 Å². The Morgan fingerprint density at radius 3 is 2.24 bits per heavy atom. The lowest BCUT2D eigenvalue weighted by molar-refractivity contribution is -0.130. The average Bonchev–Trinajstić information content (AvgIpc) is 2.37. The summed E-state index contributed by atoms with van der Waals surface area (Å²) >= 11 is 0. The predicted molar refractivity (Wildman–Crippen MR) is 84.2 cm³/mol. The van der Waals surface area contributed by atoms with Crippen LogP contribution in [0, 0.1) is 0 Å². The molecule has 0 bridgehead atoms. The molecule has 0 aliphatic rings. The molecule has 0 spiro atoms. The molecule has 1 aromatic carbocycles. The highest BCUT2D eigenvalue weighted by atomic mass is 32.2. The molecule has 5 nitrogen and oxygen atoms in total. The van der Waals surface area contributed by atoms with Crippen LogP contribution in [0.1, 0.15) is 25.8 Å². The number of nitrogens with zero attached hydrogens (tertiary/aromatic N) is 2. The van der Waals surface area contributed by atoms with Crippen LogP contribution in [-0.4, -0.2) is 49.4 Å². The number of rotatable bonds is 7. The molecule has 0 radical (unpaired) electrons. The van der Waals surface area contributed by atoms with Crippen molar-refractivity contribution in [3.8, 4) is 0 Å². The molecule has 1 aromatic rings. The van der Waals surface area contributed by atoms with E-state index in [0.29, 0.717) is 6.54 Å². The molecule has 118 valence electrons. The summed E-state index contributed by atoms with van der Waals surface area (Å²) in [5.74, 6) is -0.0619. The van der Waals surface area contributed by atoms with Crippen molar-refractivity contribution in [1.29, 1.82) is 0 Å². The van der Waals surface area contributed by atoms with Crippen LogP contribution >= 0.6 is 0 Å². The van der Waals surface area contributed by atoms with E-state index in [0.717, 1.165) is 5.56 Å². The Balaban J connectivity index is 2.56. The molecular weight excluding hydrogens is 288 g/mol. The third kappa shape index (κ3) is 5.85. The van der Waals surface area contributed by atoms with Gasteiger partial charge in [-0.1, -0.05) is 30.3 Å². The number of benzene rings is 1. The number of carbonyl (C=O) groups is 1. The molecule has 0 saturated carbocycles. The van der Waals surface area contributed by atoms with Crippen LogP contribution < -0.4 is 0 Å². The van der Waals surface area contributed by atoms with Crippen LogP contribution in [0.15, 0.2) is 30.3 Å². The molecule has 0 N–H and O–H groups in total. The summed E-state index contributed by atoms with van der Waals surface area (Å²) in [5, 5.41) is 0. The first-order valence-electron chi connectivity index (χ1n) is 6.96. The minimum atomic E-state index is -3.28. The van der Waals surface area contributed by atoms with Gasteiger partial charge in [0.2, 0.25) is 15.9 Å². The van der Waals surface area contributed by atoms with Gasteiger partial charge in [0, 0.05) is 32.6 Å². The molecule has 6 heteroatoms. The topological polar surface area (TPSA) is 57.7 Å². The fraction of sp³-hybridized carbons (Fsp3) is 0.533. The second-order valence-corrected chi connectivity index (χ2v) is 7.39. The van der Waals surface area contributed by atoms with Gasteiger partial charge in [0.15, 0.2) is 0 Å². The van der Waals surface area contributed by atoms with Crippen LogP contribution in [0.25, 0.3) is 0 Å². The number of hydrogen-bond donors (Lipinski definition) is 0. The Hall–Kier alpha value is -1.40. The molecule has 0 aromatic heterocycles. The molecule has 0 atom stereocenters. The van der Waals surface area contributed by atoms with Gasteiger partial charge in [0.25, 0.3) is 0 Å². The second-order valence-electron chi connectivity index (χ2n) is 5.45. The van der Waals surface area contributed by atoms with Crippen molar-refractivity contribution in [2.75, 3.05) is 19.8 Å². The van der Waals surface area contributed by atoms with E-state index in [2.05, 4.69) is 0 Å². The van der Waals surface area contributed by atoms with E-state index in [-0.39, 0.29) is 24.9 Å². The minimum Gasteiger partial charge on any atom is -0.341 e. The van der Waals surface area contributed by atoms with Gasteiger partial charge >= 0.3 is 0 Å². The summed E-state index contributed by atoms with van der Waals surface area (Å²) in [5.41, 5.74) is 1.05. The molecule has 0 fully saturated rings. The summed E-state index contributed by atoms with van der Waals surface area (Å²) in [6, 6.07) is 9.56. The normalized spacial score (nSPS) is 11.9. The molecule has 0 heterocycles. The van der Waals surface area contributed by atoms with E-state index in [1.165, 1.54) is 10.6 Å². The Bertz CT molecular complexity index is 556. The zero-order valence-electron chi connectivity index (χ0n) is 13.1. The van der Waals surface area contributed by atoms with Crippen LogP contribution in [0.4, 0.5) is 0 Å². The van der Waals surface area contributed by atoms with Crippen molar-refractivity contribution in [3.63, 3.8) is 0 Å². The van der Waals surface area contributed by atoms with Gasteiger partial charge in [-0.05, 0) is 19.4 Å². The molecule has 0 unspecified atom stereocenters. The molecule has 0 aliphatic carbocycles. The fourth-order valence-electron chi connectivity index (χ4n) is 2.15. The highest BCUT2D eigenvalue weighted by Gasteiger charge is 2.21. The van der Waals surface area contributed by atoms with Crippen molar-refractivity contribution in [2.45, 2.75) is 32.9 Å². The summed E-state index contributed by atoms with van der Waals surface area (Å²) in [4.78, 5) is 13.7. The van der Waals surface area contributed by atoms with E-state index in [9.17, 15) is 13.2 Å². The Kier molecular flexibility index (Phi) is 6.36. The first-order chi connectivity index (χ1) is 9.71. The lowest BCUT2D eigenvalue weighted by Gasteiger charge is -2.25. The van der Waals surface area contributed by atoms with E-state index < -0.39 is 10.0 Å². The second kappa shape index (κ2) is 7.56. The van der Waals surface area contributed by atoms with Crippen molar-refractivity contribution >= 4 is 15.9 Å². The summed E-state index contributed by atoms with van der Waals surface area (Å²) < 4.78 is 24.6. The smallest absolute Gasteiger partial charge is 0.223 e. The van der Waals surface area contributed by atoms with Crippen LogP contribution in [-0.2, 0) is 21.4 Å². The third-order valence-electron chi connectivity index (χ3n) is 3.24. The predicted octanol–water partition coefficient (Wildman–Crippen LogP) is 1.71. The number of hydrogen-bond acceptors (Lipinski definition) is 3. The largest absolute Gasteiger partial charge is 0.341 e. The zero-order valence-corrected chi connectivity index (χ0v) is 13.9. The first kappa shape index (κ1) is 17.7. The maximum absolute atomic E-state index is 12.1. The minimum absolute atomic E-state index is 0.0619. The van der Waals surface area contributed by atoms with Crippen LogP contribution in [0.2, 0.25) is 0 Å². The van der Waals surface area contributed by atoms with Gasteiger partial charge in [-0.25, -0.2) is 8.42 Å². The maximum atomic E-state index is 12.1. The monoisotopic (exact) mass is 312 g/mol. The van der Waals surface area contributed by atoms with E-state index >= 15 is 0 Å². The summed E-state index contributed by atoms with van der Waals surface area (Å²) in [6.07, 6.45) is 1.36. The Morgan fingerprint density at radius 2 is 1.76 bits per heavy atom. The van der Waals surface area contributed by atoms with E-state index in [4.69, 9.17) is 0 Å². The van der Waals surface area contributed by atoms with Crippen molar-refractivity contribution in [1.82, 2.24) is 9.21 Å². The average molecular weight is 312 g/mol. The number of amides is 1. The molecule has 0 saturated heterocycles. The van der Waals surface area contributed by atoms with E-state index in [1.54, 1.807) is 25.8 Å². The van der Waals surface area contributed by atoms with Crippen molar-refractivity contribution in [3.05, 3.63) is 35.9 Å². The first-order valence-corrected chi connectivity index (χ1v) is 8.81. The summed E-state index contributed by atoms with van der Waals surface area (Å²) in [6.45, 7) is 4.35. The lowest BCUT2D eigenvalue weighted by Crippen LogP contribution is -2.39. The van der Waals surface area contributed by atoms with E-state index in [1.807, 2.05) is 30.3 Å². The van der Waals surface area contributed by atoms with Crippen LogP contribution in [0.3, 0.4) is 0 Å². The van der Waals surface area contributed by atoms with Gasteiger partial charge in [-0.2, -0.15) is 4.31 Å². The molecule has 0 aliphatic heterocycles. The molecular formula is C15H24N2O3S. The fourth-order valence-corrected chi connectivity index (χ4v) is 3.34. The molecule has 1 amide bonds. The number of sulfonamides is 1.